The minimum atomic E-state index is -0.733. The molecule has 0 saturated carbocycles. The van der Waals surface area contributed by atoms with Gasteiger partial charge in [-0.05, 0) is 60.1 Å². The third kappa shape index (κ3) is 2.69. The van der Waals surface area contributed by atoms with E-state index in [4.69, 9.17) is 9.84 Å². The predicted octanol–water partition coefficient (Wildman–Crippen LogP) is 3.24. The maximum absolute atomic E-state index is 10.9. The summed E-state index contributed by atoms with van der Waals surface area (Å²) in [5.41, 5.74) is 5.76. The van der Waals surface area contributed by atoms with Gasteiger partial charge in [-0.2, -0.15) is 0 Å². The summed E-state index contributed by atoms with van der Waals surface area (Å²) in [6, 6.07) is 15.1. The van der Waals surface area contributed by atoms with E-state index in [1.54, 1.807) is 0 Å². The molecule has 1 aliphatic heterocycles. The molecule has 0 radical (unpaired) electrons. The average molecular weight is 349 g/mol. The van der Waals surface area contributed by atoms with Crippen LogP contribution in [0.1, 0.15) is 34.8 Å². The van der Waals surface area contributed by atoms with E-state index in [-0.39, 0.29) is 18.1 Å². The van der Waals surface area contributed by atoms with E-state index < -0.39 is 5.97 Å². The van der Waals surface area contributed by atoms with Crippen LogP contribution in [0.2, 0.25) is 0 Å². The Hall–Kier alpha value is -2.33. The molecule has 0 aromatic heterocycles. The van der Waals surface area contributed by atoms with E-state index in [1.165, 1.54) is 22.3 Å². The van der Waals surface area contributed by atoms with Gasteiger partial charge in [0.2, 0.25) is 0 Å². The number of rotatable bonds is 4. The van der Waals surface area contributed by atoms with Crippen molar-refractivity contribution >= 4 is 5.97 Å². The maximum Gasteiger partial charge on any atom is 0.317 e. The number of ether oxygens (including phenoxy) is 1. The number of fused-ring (bicyclic) bond motifs is 2. The third-order valence-corrected chi connectivity index (χ3v) is 6.14. The summed E-state index contributed by atoms with van der Waals surface area (Å²) in [6.07, 6.45) is 4.40. The van der Waals surface area contributed by atoms with Crippen LogP contribution in [0.3, 0.4) is 0 Å². The first-order valence-electron chi connectivity index (χ1n) is 9.41. The van der Waals surface area contributed by atoms with Crippen LogP contribution in [0.25, 0.3) is 0 Å². The molecular weight excluding hydrogens is 326 g/mol. The monoisotopic (exact) mass is 349 g/mol. The molecule has 134 valence electrons. The molecule has 5 rings (SSSR count). The molecule has 4 nitrogen and oxygen atoms in total. The number of aliphatic carboxylic acids is 1. The van der Waals surface area contributed by atoms with Gasteiger partial charge in [0.15, 0.2) is 0 Å². The molecule has 1 fully saturated rings. The predicted molar refractivity (Wildman–Crippen MR) is 98.5 cm³/mol. The zero-order valence-corrected chi connectivity index (χ0v) is 14.8. The van der Waals surface area contributed by atoms with Gasteiger partial charge in [0.05, 0.1) is 6.54 Å². The molecule has 1 spiro atoms. The molecule has 2 aromatic rings. The van der Waals surface area contributed by atoms with Crippen molar-refractivity contribution in [1.82, 2.24) is 4.90 Å². The number of aryl methyl sites for hydroxylation is 1. The van der Waals surface area contributed by atoms with E-state index in [9.17, 15) is 4.79 Å². The summed E-state index contributed by atoms with van der Waals surface area (Å²) in [4.78, 5) is 12.9. The summed E-state index contributed by atoms with van der Waals surface area (Å²) < 4.78 is 6.33. The number of hydrogen-bond acceptors (Lipinski definition) is 3. The molecular formula is C22H23NO3. The number of carboxylic acid groups (broad SMARTS) is 1. The highest BCUT2D eigenvalue weighted by Crippen LogP contribution is 2.45. The van der Waals surface area contributed by atoms with Gasteiger partial charge in [0, 0.05) is 18.5 Å². The van der Waals surface area contributed by atoms with Gasteiger partial charge < -0.3 is 9.84 Å². The van der Waals surface area contributed by atoms with Gasteiger partial charge in [-0.25, -0.2) is 0 Å². The lowest BCUT2D eigenvalue weighted by Gasteiger charge is -2.47. The standard InChI is InChI=1S/C22H23NO3/c24-21(25)12-23-13-22(14-23)10-16-5-7-18(9-17(16)11-22)26-20-8-6-15-3-1-2-4-19(15)20/h1-5,7,9,20H,6,8,10-14H2,(H,24,25). The number of carboxylic acids is 1. The van der Waals surface area contributed by atoms with E-state index in [1.807, 2.05) is 4.90 Å². The normalized spacial score (nSPS) is 22.7. The highest BCUT2D eigenvalue weighted by molar-refractivity contribution is 5.69. The van der Waals surface area contributed by atoms with Crippen LogP contribution in [0.5, 0.6) is 5.75 Å². The molecule has 1 heterocycles. The number of likely N-dealkylation sites (tertiary alicyclic amines) is 1. The number of carbonyl (C=O) groups is 1. The Labute approximate surface area is 153 Å². The number of nitrogens with zero attached hydrogens (tertiary/aromatic N) is 1. The summed E-state index contributed by atoms with van der Waals surface area (Å²) in [5.74, 6) is 0.229. The quantitative estimate of drug-likeness (QED) is 0.921. The minimum absolute atomic E-state index is 0.160. The van der Waals surface area contributed by atoms with Gasteiger partial charge >= 0.3 is 5.97 Å². The second-order valence-corrected chi connectivity index (χ2v) is 8.17. The van der Waals surface area contributed by atoms with Crippen LogP contribution < -0.4 is 4.74 Å². The molecule has 2 aromatic carbocycles. The summed E-state index contributed by atoms with van der Waals surface area (Å²) in [5, 5.41) is 8.94. The van der Waals surface area contributed by atoms with Crippen molar-refractivity contribution in [3.8, 4) is 5.75 Å². The Bertz CT molecular complexity index is 869. The minimum Gasteiger partial charge on any atom is -0.486 e. The SMILES string of the molecule is O=C(O)CN1CC2(Cc3ccc(OC4CCc5ccccc54)cc3C2)C1. The Morgan fingerprint density at radius 3 is 2.77 bits per heavy atom. The molecule has 26 heavy (non-hydrogen) atoms. The van der Waals surface area contributed by atoms with E-state index >= 15 is 0 Å². The van der Waals surface area contributed by atoms with Crippen molar-refractivity contribution in [2.45, 2.75) is 31.8 Å². The molecule has 0 amide bonds. The van der Waals surface area contributed by atoms with Crippen molar-refractivity contribution < 1.29 is 14.6 Å². The molecule has 1 atom stereocenters. The topological polar surface area (TPSA) is 49.8 Å². The van der Waals surface area contributed by atoms with Crippen LogP contribution >= 0.6 is 0 Å². The van der Waals surface area contributed by atoms with Crippen molar-refractivity contribution in [2.24, 2.45) is 5.41 Å². The lowest BCUT2D eigenvalue weighted by atomic mass is 9.77. The lowest BCUT2D eigenvalue weighted by molar-refractivity contribution is -0.141. The smallest absolute Gasteiger partial charge is 0.317 e. The fourth-order valence-corrected chi connectivity index (χ4v) is 5.12. The molecule has 1 saturated heterocycles. The molecule has 3 aliphatic rings. The Morgan fingerprint density at radius 2 is 1.92 bits per heavy atom. The van der Waals surface area contributed by atoms with E-state index in [0.717, 1.165) is 44.5 Å². The van der Waals surface area contributed by atoms with Gasteiger partial charge in [-0.15, -0.1) is 0 Å². The van der Waals surface area contributed by atoms with E-state index in [2.05, 4.69) is 42.5 Å². The largest absolute Gasteiger partial charge is 0.486 e. The van der Waals surface area contributed by atoms with Crippen LogP contribution in [-0.4, -0.2) is 35.6 Å². The fraction of sp³-hybridized carbons (Fsp3) is 0.409. The lowest BCUT2D eigenvalue weighted by Crippen LogP contribution is -2.58. The van der Waals surface area contributed by atoms with Crippen LogP contribution in [0, 0.1) is 5.41 Å². The third-order valence-electron chi connectivity index (χ3n) is 6.14. The van der Waals surface area contributed by atoms with Gasteiger partial charge in [-0.1, -0.05) is 30.3 Å². The van der Waals surface area contributed by atoms with Crippen molar-refractivity contribution in [2.75, 3.05) is 19.6 Å². The molecule has 1 N–H and O–H groups in total. The number of hydrogen-bond donors (Lipinski definition) is 1. The van der Waals surface area contributed by atoms with Crippen molar-refractivity contribution in [3.63, 3.8) is 0 Å². The maximum atomic E-state index is 10.9. The van der Waals surface area contributed by atoms with Crippen molar-refractivity contribution in [1.29, 1.82) is 0 Å². The first-order chi connectivity index (χ1) is 12.6. The second kappa shape index (κ2) is 5.85. The van der Waals surface area contributed by atoms with Crippen LogP contribution in [0.4, 0.5) is 0 Å². The van der Waals surface area contributed by atoms with Crippen LogP contribution in [0.15, 0.2) is 42.5 Å². The van der Waals surface area contributed by atoms with Gasteiger partial charge in [0.1, 0.15) is 11.9 Å². The summed E-state index contributed by atoms with van der Waals surface area (Å²) in [6.45, 7) is 1.94. The Balaban J connectivity index is 1.28. The Morgan fingerprint density at radius 1 is 1.12 bits per heavy atom. The summed E-state index contributed by atoms with van der Waals surface area (Å²) in [7, 11) is 0. The highest BCUT2D eigenvalue weighted by atomic mass is 16.5. The average Bonchev–Trinajstić information content (AvgIpc) is 3.15. The zero-order valence-electron chi connectivity index (χ0n) is 14.8. The summed E-state index contributed by atoms with van der Waals surface area (Å²) >= 11 is 0. The van der Waals surface area contributed by atoms with Gasteiger partial charge in [-0.3, -0.25) is 9.69 Å². The molecule has 1 unspecified atom stereocenters. The Kier molecular flexibility index (Phi) is 3.57. The number of benzene rings is 2. The fourth-order valence-electron chi connectivity index (χ4n) is 5.12. The van der Waals surface area contributed by atoms with Gasteiger partial charge in [0.25, 0.3) is 0 Å². The molecule has 4 heteroatoms. The van der Waals surface area contributed by atoms with E-state index in [0.29, 0.717) is 0 Å². The zero-order chi connectivity index (χ0) is 17.7. The van der Waals surface area contributed by atoms with Crippen molar-refractivity contribution in [3.05, 3.63) is 64.7 Å². The van der Waals surface area contributed by atoms with Crippen LogP contribution in [-0.2, 0) is 24.1 Å². The molecule has 2 aliphatic carbocycles. The highest BCUT2D eigenvalue weighted by Gasteiger charge is 2.47. The second-order valence-electron chi connectivity index (χ2n) is 8.17. The first-order valence-corrected chi connectivity index (χ1v) is 9.41. The molecule has 0 bridgehead atoms. The first kappa shape index (κ1) is 15.9.